The average molecular weight is 586 g/mol. The third kappa shape index (κ3) is 7.46. The molecule has 36 heavy (non-hydrogen) atoms. The number of rotatable bonds is 5. The van der Waals surface area contributed by atoms with Crippen molar-refractivity contribution in [1.82, 2.24) is 24.8 Å². The first-order valence-corrected chi connectivity index (χ1v) is 14.1. The fourth-order valence-electron chi connectivity index (χ4n) is 3.62. The number of alkyl halides is 3. The zero-order chi connectivity index (χ0) is 26.3. The van der Waals surface area contributed by atoms with Crippen LogP contribution >= 0.6 is 11.3 Å². The minimum absolute atomic E-state index is 0.0111. The molecule has 0 aromatic carbocycles. The molecule has 1 fully saturated rings. The Kier molecular flexibility index (Phi) is 9.79. The summed E-state index contributed by atoms with van der Waals surface area (Å²) in [5.74, 6) is 5.82. The van der Waals surface area contributed by atoms with E-state index in [1.165, 1.54) is 22.0 Å². The van der Waals surface area contributed by atoms with Gasteiger partial charge in [-0.15, -0.1) is 0 Å². The Morgan fingerprint density at radius 3 is 2.64 bits per heavy atom. The van der Waals surface area contributed by atoms with E-state index >= 15 is 0 Å². The molecule has 194 valence electrons. The zero-order valence-corrected chi connectivity index (χ0v) is 23.1. The van der Waals surface area contributed by atoms with Crippen molar-refractivity contribution in [2.24, 2.45) is 0 Å². The molecule has 1 aliphatic heterocycles. The van der Waals surface area contributed by atoms with Crippen molar-refractivity contribution in [1.29, 1.82) is 0 Å². The molecular weight excluding hydrogens is 556 g/mol. The van der Waals surface area contributed by atoms with Crippen LogP contribution in [0.3, 0.4) is 0 Å². The van der Waals surface area contributed by atoms with Gasteiger partial charge in [-0.2, -0.15) is 0 Å². The van der Waals surface area contributed by atoms with E-state index in [0.29, 0.717) is 16.2 Å². The van der Waals surface area contributed by atoms with Gasteiger partial charge in [0.15, 0.2) is 0 Å². The summed E-state index contributed by atoms with van der Waals surface area (Å²) >= 11 is -0.552. The Labute approximate surface area is 219 Å². The number of anilines is 1. The Morgan fingerprint density at radius 1 is 1.28 bits per heavy atom. The average Bonchev–Trinajstić information content (AvgIpc) is 3.43. The van der Waals surface area contributed by atoms with Crippen LogP contribution in [0.15, 0.2) is 24.4 Å². The van der Waals surface area contributed by atoms with Gasteiger partial charge in [-0.25, -0.2) is 0 Å². The second kappa shape index (κ2) is 12.6. The maximum atomic E-state index is 13.4. The summed E-state index contributed by atoms with van der Waals surface area (Å²) in [5.41, 5.74) is 0.474. The molecule has 0 atom stereocenters. The van der Waals surface area contributed by atoms with E-state index in [-0.39, 0.29) is 28.6 Å². The summed E-state index contributed by atoms with van der Waals surface area (Å²) in [6.45, 7) is 7.70. The molecule has 1 aliphatic rings. The van der Waals surface area contributed by atoms with Gasteiger partial charge < -0.3 is 0 Å². The van der Waals surface area contributed by atoms with Gasteiger partial charge in [0.25, 0.3) is 0 Å². The number of thiazole rings is 1. The molecule has 0 radical (unpaired) electrons. The molecule has 4 heterocycles. The van der Waals surface area contributed by atoms with Gasteiger partial charge in [0, 0.05) is 0 Å². The number of pyridine rings is 1. The van der Waals surface area contributed by atoms with Gasteiger partial charge >= 0.3 is 205 Å². The Bertz CT molecular complexity index is 1240. The van der Waals surface area contributed by atoms with Crippen molar-refractivity contribution in [2.75, 3.05) is 32.0 Å². The molecule has 0 spiro atoms. The fraction of sp³-hybridized carbons (Fsp3) is 0.458. The summed E-state index contributed by atoms with van der Waals surface area (Å²) in [4.78, 5) is 18.9. The van der Waals surface area contributed by atoms with E-state index in [2.05, 4.69) is 44.5 Å². The number of aryl methyl sites for hydroxylation is 1. The van der Waals surface area contributed by atoms with Gasteiger partial charge in [-0.1, -0.05) is 13.8 Å². The molecule has 2 N–H and O–H groups in total. The SMILES string of the molecule is CC.Cc1ncc(C(=O)NCC#Cc2nn3c(NC4CCN(C)CC4)cccc3c2[Se]C(F)(F)F)s1. The van der Waals surface area contributed by atoms with Crippen LogP contribution in [-0.4, -0.2) is 78.2 Å². The van der Waals surface area contributed by atoms with Crippen LogP contribution in [0, 0.1) is 18.8 Å². The molecular formula is C24H29F3N6OSSe. The van der Waals surface area contributed by atoms with Crippen LogP contribution in [0.1, 0.15) is 47.1 Å². The van der Waals surface area contributed by atoms with Crippen molar-refractivity contribution < 1.29 is 18.0 Å². The van der Waals surface area contributed by atoms with E-state index in [4.69, 9.17) is 0 Å². The Morgan fingerprint density at radius 2 is 2.00 bits per heavy atom. The van der Waals surface area contributed by atoms with Crippen LogP contribution < -0.4 is 15.1 Å². The Balaban J connectivity index is 0.00000176. The van der Waals surface area contributed by atoms with Crippen LogP contribution in [0.5, 0.6) is 0 Å². The number of amides is 1. The predicted octanol–water partition coefficient (Wildman–Crippen LogP) is 3.26. The summed E-state index contributed by atoms with van der Waals surface area (Å²) in [6.07, 6.45) is 3.37. The van der Waals surface area contributed by atoms with Gasteiger partial charge in [-0.3, -0.25) is 0 Å². The van der Waals surface area contributed by atoms with E-state index < -0.39 is 20.0 Å². The number of aromatic nitrogens is 3. The van der Waals surface area contributed by atoms with E-state index in [9.17, 15) is 18.0 Å². The number of likely N-dealkylation sites (tertiary alicyclic amines) is 1. The van der Waals surface area contributed by atoms with Crippen LogP contribution in [0.25, 0.3) is 5.52 Å². The second-order valence-electron chi connectivity index (χ2n) is 7.88. The van der Waals surface area contributed by atoms with Crippen LogP contribution in [-0.2, 0) is 0 Å². The van der Waals surface area contributed by atoms with Gasteiger partial charge in [0.05, 0.1) is 0 Å². The zero-order valence-electron chi connectivity index (χ0n) is 20.6. The molecule has 0 aliphatic carbocycles. The number of carbonyl (C=O) groups excluding carboxylic acids is 1. The predicted molar refractivity (Wildman–Crippen MR) is 138 cm³/mol. The molecule has 12 heteroatoms. The Hall–Kier alpha value is -2.58. The number of fused-ring (bicyclic) bond motifs is 1. The maximum absolute atomic E-state index is 13.4. The first-order chi connectivity index (χ1) is 17.2. The van der Waals surface area contributed by atoms with Gasteiger partial charge in [0.2, 0.25) is 0 Å². The standard InChI is InChI=1S/C22H23F3N6OSSe.C2H6/c1-14-27-13-18(33-14)21(32)26-10-4-5-16-20(34-22(23,24)25)17-6-3-7-19(31(17)29-16)28-15-8-11-30(2)12-9-15;1-2/h3,6-7,13,15,28H,8-12H2,1-2H3,(H,26,32);1-2H3. The molecule has 0 bridgehead atoms. The summed E-state index contributed by atoms with van der Waals surface area (Å²) in [5, 5.41) is 6.93. The molecule has 3 aromatic heterocycles. The topological polar surface area (TPSA) is 74.6 Å². The second-order valence-corrected chi connectivity index (χ2v) is 11.4. The normalized spacial score (nSPS) is 14.5. The van der Waals surface area contributed by atoms with Crippen molar-refractivity contribution >= 4 is 48.0 Å². The first kappa shape index (κ1) is 28.0. The third-order valence-corrected chi connectivity index (χ3v) is 7.96. The molecule has 4 rings (SSSR count). The third-order valence-electron chi connectivity index (χ3n) is 5.29. The first-order valence-electron chi connectivity index (χ1n) is 11.6. The van der Waals surface area contributed by atoms with Gasteiger partial charge in [0.1, 0.15) is 0 Å². The molecule has 0 unspecified atom stereocenters. The van der Waals surface area contributed by atoms with Crippen LogP contribution in [0.2, 0.25) is 0 Å². The van der Waals surface area contributed by atoms with Crippen molar-refractivity contribution in [3.05, 3.63) is 40.0 Å². The van der Waals surface area contributed by atoms with Crippen molar-refractivity contribution in [2.45, 2.75) is 44.7 Å². The van der Waals surface area contributed by atoms with Crippen molar-refractivity contribution in [3.8, 4) is 11.8 Å². The van der Waals surface area contributed by atoms with Gasteiger partial charge in [-0.05, 0) is 0 Å². The van der Waals surface area contributed by atoms with Crippen LogP contribution in [0.4, 0.5) is 19.0 Å². The monoisotopic (exact) mass is 586 g/mol. The summed E-state index contributed by atoms with van der Waals surface area (Å²) in [6, 6.07) is 5.41. The fourth-order valence-corrected chi connectivity index (χ4v) is 5.74. The number of piperidine rings is 1. The number of hydrogen-bond acceptors (Lipinski definition) is 6. The number of nitrogens with one attached hydrogen (secondary N) is 2. The summed E-state index contributed by atoms with van der Waals surface area (Å²) < 4.78 is 41.7. The minimum atomic E-state index is -4.34. The van der Waals surface area contributed by atoms with E-state index in [1.807, 2.05) is 19.9 Å². The molecule has 1 saturated heterocycles. The van der Waals surface area contributed by atoms with E-state index in [0.717, 1.165) is 30.9 Å². The van der Waals surface area contributed by atoms with E-state index in [1.54, 1.807) is 19.1 Å². The number of nitrogens with zero attached hydrogens (tertiary/aromatic N) is 4. The quantitative estimate of drug-likeness (QED) is 0.356. The molecule has 0 saturated carbocycles. The number of carbonyl (C=O) groups is 1. The number of halogens is 3. The number of hydrogen-bond donors (Lipinski definition) is 2. The molecule has 3 aromatic rings. The molecule has 7 nitrogen and oxygen atoms in total. The molecule has 1 amide bonds. The summed E-state index contributed by atoms with van der Waals surface area (Å²) in [7, 11) is 2.07. The van der Waals surface area contributed by atoms with Crippen molar-refractivity contribution in [3.63, 3.8) is 0 Å².